The zero-order valence-corrected chi connectivity index (χ0v) is 16.1. The van der Waals surface area contributed by atoms with E-state index in [0.717, 1.165) is 25.1 Å². The number of nitrogens with zero attached hydrogens (tertiary/aromatic N) is 1. The SMILES string of the molecule is Nc1c(C2CCCC(N)C2)c(F)cc2c(=O)c(C(=O)O)cn(-c3ccc(F)cc3)c12. The molecule has 1 heterocycles. The number of carboxylic acid groups (broad SMARTS) is 1. The largest absolute Gasteiger partial charge is 0.477 e. The second kappa shape index (κ2) is 7.53. The molecule has 4 rings (SSSR count). The van der Waals surface area contributed by atoms with Gasteiger partial charge >= 0.3 is 5.97 Å². The number of rotatable bonds is 3. The van der Waals surface area contributed by atoms with Crippen LogP contribution in [0.1, 0.15) is 47.5 Å². The maximum Gasteiger partial charge on any atom is 0.341 e. The fraction of sp³-hybridized carbons (Fsp3) is 0.273. The molecule has 1 saturated carbocycles. The maximum atomic E-state index is 15.1. The molecule has 2 unspecified atom stereocenters. The molecule has 156 valence electrons. The number of aromatic nitrogens is 1. The number of benzene rings is 2. The minimum absolute atomic E-state index is 0.0630. The van der Waals surface area contributed by atoms with Gasteiger partial charge in [-0.05, 0) is 55.5 Å². The summed E-state index contributed by atoms with van der Waals surface area (Å²) in [7, 11) is 0. The van der Waals surface area contributed by atoms with Gasteiger partial charge in [-0.3, -0.25) is 4.79 Å². The zero-order valence-electron chi connectivity index (χ0n) is 16.1. The standard InChI is InChI=1S/C22H21F2N3O3/c23-12-4-6-14(7-5-12)27-10-16(22(29)30)21(28)15-9-17(24)18(19(26)20(15)27)11-2-1-3-13(25)8-11/h4-7,9-11,13H,1-3,8,25-26H2,(H,29,30). The van der Waals surface area contributed by atoms with Gasteiger partial charge in [0.25, 0.3) is 0 Å². The second-order valence-corrected chi connectivity index (χ2v) is 7.73. The monoisotopic (exact) mass is 413 g/mol. The van der Waals surface area contributed by atoms with Crippen LogP contribution < -0.4 is 16.9 Å². The van der Waals surface area contributed by atoms with E-state index >= 15 is 4.39 Å². The Labute approximate surface area is 170 Å². The molecule has 1 fully saturated rings. The van der Waals surface area contributed by atoms with Crippen molar-refractivity contribution in [3.8, 4) is 5.69 Å². The van der Waals surface area contributed by atoms with Crippen molar-refractivity contribution in [1.82, 2.24) is 4.57 Å². The Morgan fingerprint density at radius 1 is 1.17 bits per heavy atom. The van der Waals surface area contributed by atoms with E-state index in [-0.39, 0.29) is 34.1 Å². The average Bonchev–Trinajstić information content (AvgIpc) is 2.69. The van der Waals surface area contributed by atoms with Gasteiger partial charge in [0.05, 0.1) is 16.6 Å². The molecule has 2 atom stereocenters. The van der Waals surface area contributed by atoms with Gasteiger partial charge in [0, 0.05) is 23.5 Å². The van der Waals surface area contributed by atoms with Gasteiger partial charge in [0.15, 0.2) is 0 Å². The van der Waals surface area contributed by atoms with Crippen LogP contribution in [0.15, 0.2) is 41.3 Å². The Balaban J connectivity index is 2.06. The van der Waals surface area contributed by atoms with E-state index in [1.54, 1.807) is 0 Å². The summed E-state index contributed by atoms with van der Waals surface area (Å²) >= 11 is 0. The molecule has 1 aromatic heterocycles. The minimum atomic E-state index is -1.45. The normalized spacial score (nSPS) is 19.2. The lowest BCUT2D eigenvalue weighted by atomic mass is 9.80. The first kappa shape index (κ1) is 20.0. The third kappa shape index (κ3) is 3.33. The first-order valence-corrected chi connectivity index (χ1v) is 9.70. The van der Waals surface area contributed by atoms with Gasteiger partial charge in [-0.25, -0.2) is 13.6 Å². The molecular weight excluding hydrogens is 392 g/mol. The summed E-state index contributed by atoms with van der Waals surface area (Å²) in [5, 5.41) is 9.31. The summed E-state index contributed by atoms with van der Waals surface area (Å²) in [4.78, 5) is 24.4. The van der Waals surface area contributed by atoms with Gasteiger partial charge in [-0.1, -0.05) is 6.42 Å². The van der Waals surface area contributed by atoms with Crippen LogP contribution in [0.3, 0.4) is 0 Å². The van der Waals surface area contributed by atoms with Crippen molar-refractivity contribution in [2.24, 2.45) is 5.73 Å². The molecule has 8 heteroatoms. The minimum Gasteiger partial charge on any atom is -0.477 e. The quantitative estimate of drug-likeness (QED) is 0.569. The number of nitrogens with two attached hydrogens (primary N) is 2. The van der Waals surface area contributed by atoms with Crippen LogP contribution in [0.2, 0.25) is 0 Å². The van der Waals surface area contributed by atoms with Crippen molar-refractivity contribution in [1.29, 1.82) is 0 Å². The lowest BCUT2D eigenvalue weighted by molar-refractivity contribution is 0.0695. The molecule has 3 aromatic rings. The van der Waals surface area contributed by atoms with Crippen LogP contribution in [0.25, 0.3) is 16.6 Å². The molecule has 2 aromatic carbocycles. The highest BCUT2D eigenvalue weighted by Crippen LogP contribution is 2.40. The molecule has 0 amide bonds. The van der Waals surface area contributed by atoms with Crippen LogP contribution in [-0.4, -0.2) is 21.7 Å². The third-order valence-corrected chi connectivity index (χ3v) is 5.78. The predicted molar refractivity (Wildman–Crippen MR) is 110 cm³/mol. The fourth-order valence-electron chi connectivity index (χ4n) is 4.37. The molecular formula is C22H21F2N3O3. The fourth-order valence-corrected chi connectivity index (χ4v) is 4.37. The summed E-state index contributed by atoms with van der Waals surface area (Å²) in [5.74, 6) is -2.77. The van der Waals surface area contributed by atoms with E-state index in [4.69, 9.17) is 11.5 Å². The molecule has 0 saturated heterocycles. The molecule has 5 N–H and O–H groups in total. The van der Waals surface area contributed by atoms with Crippen molar-refractivity contribution in [3.63, 3.8) is 0 Å². The Morgan fingerprint density at radius 2 is 1.87 bits per heavy atom. The number of hydrogen-bond donors (Lipinski definition) is 3. The molecule has 30 heavy (non-hydrogen) atoms. The van der Waals surface area contributed by atoms with E-state index in [1.807, 2.05) is 0 Å². The summed E-state index contributed by atoms with van der Waals surface area (Å²) in [6.07, 6.45) is 4.12. The van der Waals surface area contributed by atoms with E-state index in [0.29, 0.717) is 18.5 Å². The molecule has 1 aliphatic rings. The van der Waals surface area contributed by atoms with E-state index in [2.05, 4.69) is 0 Å². The van der Waals surface area contributed by atoms with E-state index < -0.39 is 28.6 Å². The zero-order chi connectivity index (χ0) is 21.6. The number of hydrogen-bond acceptors (Lipinski definition) is 4. The van der Waals surface area contributed by atoms with Crippen LogP contribution in [0.5, 0.6) is 0 Å². The van der Waals surface area contributed by atoms with Gasteiger partial charge in [0.2, 0.25) is 5.43 Å². The Morgan fingerprint density at radius 3 is 2.50 bits per heavy atom. The molecule has 0 radical (unpaired) electrons. The number of anilines is 1. The number of fused-ring (bicyclic) bond motifs is 1. The van der Waals surface area contributed by atoms with Crippen molar-refractivity contribution in [2.45, 2.75) is 37.6 Å². The number of aromatic carboxylic acids is 1. The van der Waals surface area contributed by atoms with Crippen LogP contribution in [0.4, 0.5) is 14.5 Å². The number of pyridine rings is 1. The lowest BCUT2D eigenvalue weighted by Crippen LogP contribution is -2.28. The first-order valence-electron chi connectivity index (χ1n) is 9.70. The molecule has 6 nitrogen and oxygen atoms in total. The second-order valence-electron chi connectivity index (χ2n) is 7.73. The highest BCUT2D eigenvalue weighted by Gasteiger charge is 2.28. The topological polar surface area (TPSA) is 111 Å². The van der Waals surface area contributed by atoms with Gasteiger partial charge in [-0.15, -0.1) is 0 Å². The van der Waals surface area contributed by atoms with Crippen molar-refractivity contribution in [2.75, 3.05) is 5.73 Å². The van der Waals surface area contributed by atoms with Gasteiger partial charge in [0.1, 0.15) is 17.2 Å². The number of carbonyl (C=O) groups is 1. The Kier molecular flexibility index (Phi) is 5.03. The third-order valence-electron chi connectivity index (χ3n) is 5.78. The summed E-state index contributed by atoms with van der Waals surface area (Å²) in [5.41, 5.74) is 12.1. The highest BCUT2D eigenvalue weighted by molar-refractivity contribution is 5.98. The number of halogens is 2. The Hall–Kier alpha value is -3.26. The first-order chi connectivity index (χ1) is 14.3. The summed E-state index contributed by atoms with van der Waals surface area (Å²) in [6, 6.07) is 6.27. The smallest absolute Gasteiger partial charge is 0.341 e. The highest BCUT2D eigenvalue weighted by atomic mass is 19.1. The molecule has 0 spiro atoms. The molecule has 0 aliphatic heterocycles. The van der Waals surface area contributed by atoms with Crippen molar-refractivity contribution >= 4 is 22.6 Å². The van der Waals surface area contributed by atoms with Crippen LogP contribution in [-0.2, 0) is 0 Å². The molecule has 1 aliphatic carbocycles. The maximum absolute atomic E-state index is 15.1. The Bertz CT molecular complexity index is 1210. The summed E-state index contributed by atoms with van der Waals surface area (Å²) < 4.78 is 30.0. The number of nitrogen functional groups attached to an aromatic ring is 1. The van der Waals surface area contributed by atoms with Crippen molar-refractivity contribution in [3.05, 3.63) is 69.5 Å². The van der Waals surface area contributed by atoms with Gasteiger partial charge < -0.3 is 21.1 Å². The van der Waals surface area contributed by atoms with Crippen LogP contribution in [0, 0.1) is 11.6 Å². The summed E-state index contributed by atoms with van der Waals surface area (Å²) in [6.45, 7) is 0. The predicted octanol–water partition coefficient (Wildman–Crippen LogP) is 3.53. The number of carboxylic acids is 1. The molecule has 0 bridgehead atoms. The van der Waals surface area contributed by atoms with E-state index in [9.17, 15) is 19.1 Å². The van der Waals surface area contributed by atoms with Gasteiger partial charge in [-0.2, -0.15) is 0 Å². The average molecular weight is 413 g/mol. The van der Waals surface area contributed by atoms with Crippen molar-refractivity contribution < 1.29 is 18.7 Å². The van der Waals surface area contributed by atoms with Crippen LogP contribution >= 0.6 is 0 Å². The lowest BCUT2D eigenvalue weighted by Gasteiger charge is -2.29. The van der Waals surface area contributed by atoms with E-state index in [1.165, 1.54) is 28.8 Å².